The Morgan fingerprint density at radius 3 is 2.50 bits per heavy atom. The topological polar surface area (TPSA) is 48.4 Å². The van der Waals surface area contributed by atoms with Crippen LogP contribution >= 0.6 is 11.6 Å². The molecule has 0 amide bonds. The molecule has 0 unspecified atom stereocenters. The van der Waals surface area contributed by atoms with Gasteiger partial charge < -0.3 is 9.47 Å². The lowest BCUT2D eigenvalue weighted by Crippen LogP contribution is -2.24. The monoisotopic (exact) mass is 379 g/mol. The number of hydrogen-bond acceptors (Lipinski definition) is 4. The van der Waals surface area contributed by atoms with Crippen molar-refractivity contribution in [2.45, 2.75) is 40.2 Å². The van der Waals surface area contributed by atoms with Crippen LogP contribution < -0.4 is 4.74 Å². The highest BCUT2D eigenvalue weighted by Gasteiger charge is 2.21. The molecule has 1 aromatic carbocycles. The van der Waals surface area contributed by atoms with E-state index in [9.17, 15) is 9.18 Å². The highest BCUT2D eigenvalue weighted by atomic mass is 35.5. The molecular weight excluding hydrogens is 357 g/mol. The summed E-state index contributed by atoms with van der Waals surface area (Å²) in [6.45, 7) is 9.81. The second-order valence-corrected chi connectivity index (χ2v) is 7.78. The van der Waals surface area contributed by atoms with Crippen molar-refractivity contribution in [3.63, 3.8) is 0 Å². The first kappa shape index (κ1) is 20.2. The third-order valence-corrected chi connectivity index (χ3v) is 3.51. The highest BCUT2D eigenvalue weighted by Crippen LogP contribution is 2.27. The van der Waals surface area contributed by atoms with Gasteiger partial charge in [0.15, 0.2) is 0 Å². The molecule has 0 atom stereocenters. The molecule has 0 spiro atoms. The van der Waals surface area contributed by atoms with Crippen LogP contribution in [0.1, 0.15) is 45.0 Å². The molecule has 0 aliphatic heterocycles. The number of hydrogen-bond donors (Lipinski definition) is 0. The van der Waals surface area contributed by atoms with Crippen LogP contribution in [0.15, 0.2) is 30.3 Å². The van der Waals surface area contributed by atoms with E-state index in [0.29, 0.717) is 29.5 Å². The second kappa shape index (κ2) is 8.04. The quantitative estimate of drug-likeness (QED) is 0.506. The number of nitrogens with zero attached hydrogens (tertiary/aromatic N) is 1. The van der Waals surface area contributed by atoms with Gasteiger partial charge in [-0.1, -0.05) is 25.4 Å². The molecule has 4 nitrogen and oxygen atoms in total. The lowest BCUT2D eigenvalue weighted by Gasteiger charge is -2.19. The summed E-state index contributed by atoms with van der Waals surface area (Å²) >= 11 is 6.15. The maximum absolute atomic E-state index is 13.9. The lowest BCUT2D eigenvalue weighted by atomic mass is 10.1. The zero-order valence-electron chi connectivity index (χ0n) is 15.6. The fraction of sp³-hybridized carbons (Fsp3) is 0.400. The zero-order valence-corrected chi connectivity index (χ0v) is 16.4. The smallest absolute Gasteiger partial charge is 0.341 e. The van der Waals surface area contributed by atoms with E-state index in [-0.39, 0.29) is 10.7 Å². The van der Waals surface area contributed by atoms with Crippen molar-refractivity contribution in [1.82, 2.24) is 4.98 Å². The number of ether oxygens (including phenoxy) is 2. The third-order valence-electron chi connectivity index (χ3n) is 3.22. The molecule has 2 aromatic rings. The molecule has 6 heteroatoms. The van der Waals surface area contributed by atoms with Crippen molar-refractivity contribution in [2.24, 2.45) is 5.92 Å². The number of esters is 1. The SMILES string of the molecule is CC(C)COc1cc(F)cc(-c2ccc(C(=O)OC(C)(C)C)c(Cl)n2)c1. The lowest BCUT2D eigenvalue weighted by molar-refractivity contribution is 0.00693. The maximum atomic E-state index is 13.9. The first-order valence-electron chi connectivity index (χ1n) is 8.39. The molecule has 0 saturated carbocycles. The van der Waals surface area contributed by atoms with Gasteiger partial charge in [-0.3, -0.25) is 0 Å². The van der Waals surface area contributed by atoms with Gasteiger partial charge in [-0.2, -0.15) is 0 Å². The average Bonchev–Trinajstić information content (AvgIpc) is 2.50. The van der Waals surface area contributed by atoms with Crippen LogP contribution in [0.25, 0.3) is 11.3 Å². The van der Waals surface area contributed by atoms with E-state index in [2.05, 4.69) is 4.98 Å². The molecule has 2 rings (SSSR count). The van der Waals surface area contributed by atoms with E-state index in [1.165, 1.54) is 18.2 Å². The minimum atomic E-state index is -0.635. The largest absolute Gasteiger partial charge is 0.493 e. The Kier molecular flexibility index (Phi) is 6.24. The predicted molar refractivity (Wildman–Crippen MR) is 100 cm³/mol. The standard InChI is InChI=1S/C20H23ClFNO3/c1-12(2)11-25-15-9-13(8-14(22)10-15)17-7-6-16(18(21)23-17)19(24)26-20(3,4)5/h6-10,12H,11H2,1-5H3. The maximum Gasteiger partial charge on any atom is 0.341 e. The van der Waals surface area contributed by atoms with Crippen molar-refractivity contribution in [1.29, 1.82) is 0 Å². The molecule has 1 heterocycles. The first-order chi connectivity index (χ1) is 12.0. The van der Waals surface area contributed by atoms with Crippen LogP contribution in [0.3, 0.4) is 0 Å². The van der Waals surface area contributed by atoms with Crippen LogP contribution in [0.5, 0.6) is 5.75 Å². The summed E-state index contributed by atoms with van der Waals surface area (Å²) in [5.74, 6) is -0.248. The van der Waals surface area contributed by atoms with E-state index in [4.69, 9.17) is 21.1 Å². The van der Waals surface area contributed by atoms with Gasteiger partial charge in [-0.15, -0.1) is 0 Å². The fourth-order valence-corrected chi connectivity index (χ4v) is 2.37. The molecule has 0 N–H and O–H groups in total. The Hall–Kier alpha value is -2.14. The van der Waals surface area contributed by atoms with Gasteiger partial charge in [-0.05, 0) is 51.0 Å². The molecule has 0 saturated heterocycles. The van der Waals surface area contributed by atoms with E-state index in [1.807, 2.05) is 13.8 Å². The molecule has 26 heavy (non-hydrogen) atoms. The molecule has 0 radical (unpaired) electrons. The molecule has 0 fully saturated rings. The van der Waals surface area contributed by atoms with E-state index in [1.54, 1.807) is 32.9 Å². The van der Waals surface area contributed by atoms with Gasteiger partial charge in [0, 0.05) is 11.6 Å². The summed E-state index contributed by atoms with van der Waals surface area (Å²) < 4.78 is 24.8. The van der Waals surface area contributed by atoms with Crippen molar-refractivity contribution >= 4 is 17.6 Å². The number of carbonyl (C=O) groups is 1. The summed E-state index contributed by atoms with van der Waals surface area (Å²) in [5, 5.41) is 0.00524. The fourth-order valence-electron chi connectivity index (χ4n) is 2.14. The molecular formula is C20H23ClFNO3. The normalized spacial score (nSPS) is 11.5. The summed E-state index contributed by atoms with van der Waals surface area (Å²) in [6.07, 6.45) is 0. The first-order valence-corrected chi connectivity index (χ1v) is 8.76. The minimum absolute atomic E-state index is 0.00524. The number of pyridine rings is 1. The summed E-state index contributed by atoms with van der Waals surface area (Å²) in [5.41, 5.74) is 0.486. The van der Waals surface area contributed by atoms with Gasteiger partial charge in [0.1, 0.15) is 22.3 Å². The Morgan fingerprint density at radius 2 is 1.92 bits per heavy atom. The predicted octanol–water partition coefficient (Wildman–Crippen LogP) is 5.53. The van der Waals surface area contributed by atoms with Crippen molar-refractivity contribution in [2.75, 3.05) is 6.61 Å². The molecule has 0 aliphatic carbocycles. The second-order valence-electron chi connectivity index (χ2n) is 7.42. The van der Waals surface area contributed by atoms with E-state index >= 15 is 0 Å². The Bertz CT molecular complexity index is 800. The third kappa shape index (κ3) is 5.70. The van der Waals surface area contributed by atoms with Crippen LogP contribution in [-0.2, 0) is 4.74 Å². The van der Waals surface area contributed by atoms with Gasteiger partial charge >= 0.3 is 5.97 Å². The molecule has 140 valence electrons. The van der Waals surface area contributed by atoms with Crippen LogP contribution in [-0.4, -0.2) is 23.2 Å². The Labute approximate surface area is 158 Å². The highest BCUT2D eigenvalue weighted by molar-refractivity contribution is 6.32. The Balaban J connectivity index is 2.29. The molecule has 0 aliphatic rings. The number of carbonyl (C=O) groups excluding carboxylic acids is 1. The van der Waals surface area contributed by atoms with Gasteiger partial charge in [0.2, 0.25) is 0 Å². The number of aromatic nitrogens is 1. The van der Waals surface area contributed by atoms with E-state index in [0.717, 1.165) is 0 Å². The number of rotatable bonds is 5. The van der Waals surface area contributed by atoms with Gasteiger partial charge in [0.05, 0.1) is 17.9 Å². The molecule has 0 bridgehead atoms. The Morgan fingerprint density at radius 1 is 1.23 bits per heavy atom. The van der Waals surface area contributed by atoms with Crippen molar-refractivity contribution in [3.05, 3.63) is 46.9 Å². The molecule has 1 aromatic heterocycles. The summed E-state index contributed by atoms with van der Waals surface area (Å²) in [4.78, 5) is 16.4. The van der Waals surface area contributed by atoms with Crippen molar-refractivity contribution < 1.29 is 18.7 Å². The number of halogens is 2. The summed E-state index contributed by atoms with van der Waals surface area (Å²) in [7, 11) is 0. The number of benzene rings is 1. The van der Waals surface area contributed by atoms with Gasteiger partial charge in [0.25, 0.3) is 0 Å². The van der Waals surface area contributed by atoms with Crippen molar-refractivity contribution in [3.8, 4) is 17.0 Å². The van der Waals surface area contributed by atoms with Crippen LogP contribution in [0, 0.1) is 11.7 Å². The zero-order chi connectivity index (χ0) is 19.5. The van der Waals surface area contributed by atoms with Crippen LogP contribution in [0.4, 0.5) is 4.39 Å². The van der Waals surface area contributed by atoms with Crippen LogP contribution in [0.2, 0.25) is 5.15 Å². The average molecular weight is 380 g/mol. The minimum Gasteiger partial charge on any atom is -0.493 e. The summed E-state index contributed by atoms with van der Waals surface area (Å²) in [6, 6.07) is 7.48. The van der Waals surface area contributed by atoms with Gasteiger partial charge in [-0.25, -0.2) is 14.2 Å². The van der Waals surface area contributed by atoms with E-state index < -0.39 is 17.4 Å².